The molecule has 1 aromatic rings. The number of alkyl halides is 3. The molecule has 1 heterocycles. The van der Waals surface area contributed by atoms with Crippen LogP contribution in [0.3, 0.4) is 0 Å². The first kappa shape index (κ1) is 21.6. The minimum Gasteiger partial charge on any atom is -0.396 e. The zero-order valence-corrected chi connectivity index (χ0v) is 16.4. The molecule has 2 aliphatic rings. The molecule has 8 heteroatoms. The van der Waals surface area contributed by atoms with Gasteiger partial charge in [0.15, 0.2) is 0 Å². The van der Waals surface area contributed by atoms with Crippen LogP contribution in [0.1, 0.15) is 62.0 Å². The number of nitrogens with one attached hydrogen (secondary N) is 1. The fourth-order valence-electron chi connectivity index (χ4n) is 4.14. The van der Waals surface area contributed by atoms with E-state index in [2.05, 4.69) is 10.4 Å². The van der Waals surface area contributed by atoms with Crippen LogP contribution >= 0.6 is 0 Å². The predicted molar refractivity (Wildman–Crippen MR) is 104 cm³/mol. The Morgan fingerprint density at radius 3 is 2.76 bits per heavy atom. The van der Waals surface area contributed by atoms with Crippen LogP contribution in [0.5, 0.6) is 0 Å². The highest BCUT2D eigenvalue weighted by Gasteiger charge is 2.33. The van der Waals surface area contributed by atoms with Gasteiger partial charge in [0.1, 0.15) is 5.84 Å². The number of amides is 1. The summed E-state index contributed by atoms with van der Waals surface area (Å²) in [6.07, 6.45) is 1.52. The average molecular weight is 411 g/mol. The Kier molecular flexibility index (Phi) is 7.16. The van der Waals surface area contributed by atoms with E-state index in [1.165, 1.54) is 6.07 Å². The summed E-state index contributed by atoms with van der Waals surface area (Å²) in [6, 6.07) is 5.12. The van der Waals surface area contributed by atoms with Gasteiger partial charge in [-0.15, -0.1) is 0 Å². The lowest BCUT2D eigenvalue weighted by atomic mass is 9.86. The van der Waals surface area contributed by atoms with Crippen molar-refractivity contribution >= 4 is 11.7 Å². The first-order chi connectivity index (χ1) is 13.9. The minimum absolute atomic E-state index is 0.0761. The maximum absolute atomic E-state index is 13.2. The maximum Gasteiger partial charge on any atom is 0.416 e. The van der Waals surface area contributed by atoms with Crippen LogP contribution in [0.25, 0.3) is 0 Å². The Hall–Kier alpha value is -2.09. The molecular formula is C21H28F3N3O2. The monoisotopic (exact) mass is 411 g/mol. The van der Waals surface area contributed by atoms with E-state index in [0.29, 0.717) is 49.7 Å². The smallest absolute Gasteiger partial charge is 0.396 e. The molecule has 1 fully saturated rings. The van der Waals surface area contributed by atoms with Gasteiger partial charge in [0.2, 0.25) is 5.91 Å². The van der Waals surface area contributed by atoms with Gasteiger partial charge < -0.3 is 10.4 Å². The van der Waals surface area contributed by atoms with Gasteiger partial charge in [0, 0.05) is 26.1 Å². The van der Waals surface area contributed by atoms with Crippen molar-refractivity contribution in [2.24, 2.45) is 11.0 Å². The number of aliphatic hydroxyl groups excluding tert-OH is 1. The van der Waals surface area contributed by atoms with Gasteiger partial charge in [-0.2, -0.15) is 18.3 Å². The summed E-state index contributed by atoms with van der Waals surface area (Å²) in [5.41, 5.74) is -0.326. The number of nitrogens with zero attached hydrogens (tertiary/aromatic N) is 2. The Balaban J connectivity index is 1.76. The maximum atomic E-state index is 13.2. The molecule has 1 aromatic carbocycles. The van der Waals surface area contributed by atoms with Crippen molar-refractivity contribution in [3.8, 4) is 0 Å². The standard InChI is InChI=1S/C21H28F3N3O2/c22-21(23,24)17-8-3-7-16(14-17)18(13-15-5-1-2-6-15)20(29)25-19-9-11-27(26-19)10-4-12-28/h3,7-8,14-15,18,28H,1-2,4-6,9-13H2,(H,25,26,29)/t18-/m1/s1. The molecule has 1 aliphatic carbocycles. The number of carbonyl (C=O) groups is 1. The number of hydrogen-bond donors (Lipinski definition) is 2. The van der Waals surface area contributed by atoms with Crippen molar-refractivity contribution in [3.63, 3.8) is 0 Å². The highest BCUT2D eigenvalue weighted by atomic mass is 19.4. The second-order valence-corrected chi connectivity index (χ2v) is 7.88. The van der Waals surface area contributed by atoms with Crippen LogP contribution in [0.15, 0.2) is 29.4 Å². The lowest BCUT2D eigenvalue weighted by molar-refractivity contribution is -0.137. The van der Waals surface area contributed by atoms with Crippen LogP contribution in [-0.4, -0.2) is 41.6 Å². The van der Waals surface area contributed by atoms with Crippen LogP contribution in [0.4, 0.5) is 13.2 Å². The zero-order chi connectivity index (χ0) is 20.9. The normalized spacial score (nSPS) is 18.8. The number of hydrogen-bond acceptors (Lipinski definition) is 4. The number of benzene rings is 1. The van der Waals surface area contributed by atoms with Gasteiger partial charge >= 0.3 is 6.18 Å². The molecule has 0 radical (unpaired) electrons. The lowest BCUT2D eigenvalue weighted by Crippen LogP contribution is -2.34. The molecule has 2 N–H and O–H groups in total. The van der Waals surface area contributed by atoms with E-state index >= 15 is 0 Å². The summed E-state index contributed by atoms with van der Waals surface area (Å²) >= 11 is 0. The zero-order valence-electron chi connectivity index (χ0n) is 16.4. The van der Waals surface area contributed by atoms with E-state index < -0.39 is 17.7 Å². The van der Waals surface area contributed by atoms with Gasteiger partial charge in [0.05, 0.1) is 11.5 Å². The highest BCUT2D eigenvalue weighted by molar-refractivity contribution is 6.01. The van der Waals surface area contributed by atoms with Crippen molar-refractivity contribution in [1.29, 1.82) is 0 Å². The van der Waals surface area contributed by atoms with Crippen LogP contribution in [0.2, 0.25) is 0 Å². The van der Waals surface area contributed by atoms with E-state index in [-0.39, 0.29) is 12.5 Å². The lowest BCUT2D eigenvalue weighted by Gasteiger charge is -2.21. The van der Waals surface area contributed by atoms with Crippen LogP contribution in [0, 0.1) is 5.92 Å². The fraction of sp³-hybridized carbons (Fsp3) is 0.619. The number of hydrazone groups is 1. The first-order valence-electron chi connectivity index (χ1n) is 10.3. The van der Waals surface area contributed by atoms with Gasteiger partial charge in [-0.25, -0.2) is 0 Å². The van der Waals surface area contributed by atoms with Crippen LogP contribution < -0.4 is 5.32 Å². The molecule has 0 unspecified atom stereocenters. The SMILES string of the molecule is O=C(NC1=NN(CCCO)CC1)[C@H](CC1CCCC1)c1cccc(C(F)(F)F)c1. The molecule has 0 saturated heterocycles. The molecule has 0 aromatic heterocycles. The molecule has 0 bridgehead atoms. The number of rotatable bonds is 7. The molecule has 29 heavy (non-hydrogen) atoms. The number of halogens is 3. The highest BCUT2D eigenvalue weighted by Crippen LogP contribution is 2.36. The Bertz CT molecular complexity index is 730. The number of amidine groups is 1. The molecule has 3 rings (SSSR count). The number of carbonyl (C=O) groups excluding carboxylic acids is 1. The predicted octanol–water partition coefficient (Wildman–Crippen LogP) is 3.89. The molecule has 1 aliphatic heterocycles. The van der Waals surface area contributed by atoms with E-state index in [0.717, 1.165) is 37.8 Å². The summed E-state index contributed by atoms with van der Waals surface area (Å²) in [6.45, 7) is 1.34. The third-order valence-electron chi connectivity index (χ3n) is 5.69. The van der Waals surface area contributed by atoms with Crippen molar-refractivity contribution < 1.29 is 23.1 Å². The number of aliphatic hydroxyl groups is 1. The third kappa shape index (κ3) is 5.95. The van der Waals surface area contributed by atoms with E-state index in [1.807, 2.05) is 0 Å². The fourth-order valence-corrected chi connectivity index (χ4v) is 4.14. The molecule has 0 spiro atoms. The van der Waals surface area contributed by atoms with E-state index in [4.69, 9.17) is 5.11 Å². The summed E-state index contributed by atoms with van der Waals surface area (Å²) in [5.74, 6) is -0.0308. The summed E-state index contributed by atoms with van der Waals surface area (Å²) in [4.78, 5) is 13.0. The molecule has 160 valence electrons. The van der Waals surface area contributed by atoms with Gasteiger partial charge in [0.25, 0.3) is 0 Å². The second-order valence-electron chi connectivity index (χ2n) is 7.88. The molecule has 1 atom stereocenters. The average Bonchev–Trinajstić information content (AvgIpc) is 3.35. The minimum atomic E-state index is -4.44. The van der Waals surface area contributed by atoms with E-state index in [9.17, 15) is 18.0 Å². The first-order valence-corrected chi connectivity index (χ1v) is 10.3. The quantitative estimate of drug-likeness (QED) is 0.716. The largest absolute Gasteiger partial charge is 0.416 e. The van der Waals surface area contributed by atoms with Crippen molar-refractivity contribution in [2.45, 2.75) is 57.0 Å². The van der Waals surface area contributed by atoms with Gasteiger partial charge in [-0.3, -0.25) is 9.80 Å². The van der Waals surface area contributed by atoms with E-state index in [1.54, 1.807) is 11.1 Å². The Morgan fingerprint density at radius 1 is 1.31 bits per heavy atom. The summed E-state index contributed by atoms with van der Waals surface area (Å²) in [7, 11) is 0. The molecule has 1 saturated carbocycles. The molecule has 5 nitrogen and oxygen atoms in total. The van der Waals surface area contributed by atoms with Gasteiger partial charge in [-0.1, -0.05) is 43.9 Å². The third-order valence-corrected chi connectivity index (χ3v) is 5.69. The van der Waals surface area contributed by atoms with Crippen molar-refractivity contribution in [1.82, 2.24) is 10.3 Å². The topological polar surface area (TPSA) is 64.9 Å². The second kappa shape index (κ2) is 9.61. The van der Waals surface area contributed by atoms with Crippen molar-refractivity contribution in [3.05, 3.63) is 35.4 Å². The summed E-state index contributed by atoms with van der Waals surface area (Å²) < 4.78 is 39.5. The summed E-state index contributed by atoms with van der Waals surface area (Å²) in [5, 5.41) is 17.9. The molecular weight excluding hydrogens is 383 g/mol. The van der Waals surface area contributed by atoms with Crippen LogP contribution in [-0.2, 0) is 11.0 Å². The van der Waals surface area contributed by atoms with Crippen molar-refractivity contribution in [2.75, 3.05) is 19.7 Å². The Labute approximate surface area is 169 Å². The Morgan fingerprint density at radius 2 is 2.07 bits per heavy atom. The molecule has 1 amide bonds. The van der Waals surface area contributed by atoms with Gasteiger partial charge in [-0.05, 0) is 30.4 Å².